The summed E-state index contributed by atoms with van der Waals surface area (Å²) in [6.07, 6.45) is -4.32. The van der Waals surface area contributed by atoms with E-state index in [1.54, 1.807) is 0 Å². The Morgan fingerprint density at radius 3 is 2.60 bits per heavy atom. The molecule has 0 radical (unpaired) electrons. The first-order valence-corrected chi connectivity index (χ1v) is 6.01. The maximum absolute atomic E-state index is 12.3. The van der Waals surface area contributed by atoms with E-state index in [0.29, 0.717) is 0 Å². The quantitative estimate of drug-likeness (QED) is 0.331. The Balaban J connectivity index is 3.49. The number of hydrogen-bond acceptors (Lipinski definition) is 6. The van der Waals surface area contributed by atoms with E-state index in [2.05, 4.69) is 14.5 Å². The van der Waals surface area contributed by atoms with Crippen molar-refractivity contribution in [2.75, 3.05) is 6.61 Å². The van der Waals surface area contributed by atoms with Crippen molar-refractivity contribution in [3.05, 3.63) is 25.4 Å². The second-order valence-corrected chi connectivity index (χ2v) is 4.32. The Bertz CT molecular complexity index is 549. The van der Waals surface area contributed by atoms with Gasteiger partial charge in [0.2, 0.25) is 5.56 Å². The lowest BCUT2D eigenvalue weighted by atomic mass is 10.2. The van der Waals surface area contributed by atoms with Gasteiger partial charge in [0.25, 0.3) is 0 Å². The molecule has 0 saturated heterocycles. The average molecular weight is 406 g/mol. The number of nitrogens with zero attached hydrogens (tertiary/aromatic N) is 2. The van der Waals surface area contributed by atoms with Crippen LogP contribution in [0.4, 0.5) is 19.0 Å². The molecule has 1 rings (SSSR count). The largest absolute Gasteiger partial charge is 0.573 e. The van der Waals surface area contributed by atoms with Gasteiger partial charge < -0.3 is 19.6 Å². The van der Waals surface area contributed by atoms with Crippen LogP contribution in [0.1, 0.15) is 17.3 Å². The molecular weight excluding hydrogens is 400 g/mol. The number of esters is 1. The molecule has 110 valence electrons. The number of carbonyl (C=O) groups excluding carboxylic acids is 1. The third-order valence-corrected chi connectivity index (χ3v) is 2.61. The van der Waals surface area contributed by atoms with Gasteiger partial charge in [0.1, 0.15) is 3.57 Å². The van der Waals surface area contributed by atoms with E-state index in [1.807, 2.05) is 0 Å². The first-order chi connectivity index (χ1) is 9.17. The number of ether oxygens (including phenoxy) is 2. The van der Waals surface area contributed by atoms with Crippen LogP contribution in [0.15, 0.2) is 6.20 Å². The molecule has 0 atom stereocenters. The topological polar surface area (TPSA) is 91.6 Å². The van der Waals surface area contributed by atoms with Crippen molar-refractivity contribution < 1.29 is 32.4 Å². The molecule has 1 aromatic rings. The van der Waals surface area contributed by atoms with Crippen molar-refractivity contribution in [3.63, 3.8) is 0 Å². The third-order valence-electron chi connectivity index (χ3n) is 1.84. The molecule has 1 heterocycles. The highest BCUT2D eigenvalue weighted by Crippen LogP contribution is 2.35. The molecular formula is C9H6F3IN2O5. The zero-order valence-electron chi connectivity index (χ0n) is 9.73. The fourth-order valence-corrected chi connectivity index (χ4v) is 1.72. The molecule has 11 heteroatoms. The van der Waals surface area contributed by atoms with Gasteiger partial charge in [-0.3, -0.25) is 0 Å². The van der Waals surface area contributed by atoms with Crippen molar-refractivity contribution in [2.24, 2.45) is 0 Å². The van der Waals surface area contributed by atoms with E-state index >= 15 is 0 Å². The second kappa shape index (κ2) is 6.19. The minimum absolute atomic E-state index is 0.174. The number of pyridine rings is 1. The number of carbonyl (C=O) groups is 1. The Kier molecular flexibility index (Phi) is 5.08. The molecule has 0 spiro atoms. The van der Waals surface area contributed by atoms with Crippen LogP contribution in [0.3, 0.4) is 0 Å². The van der Waals surface area contributed by atoms with E-state index in [9.17, 15) is 28.1 Å². The lowest BCUT2D eigenvalue weighted by molar-refractivity contribution is -0.390. The van der Waals surface area contributed by atoms with Gasteiger partial charge in [-0.2, -0.15) is 0 Å². The summed E-state index contributed by atoms with van der Waals surface area (Å²) in [7, 11) is 0. The summed E-state index contributed by atoms with van der Waals surface area (Å²) >= 11 is 1.41. The molecule has 0 saturated carbocycles. The van der Waals surface area contributed by atoms with Gasteiger partial charge in [-0.1, -0.05) is 0 Å². The van der Waals surface area contributed by atoms with Gasteiger partial charge in [-0.25, -0.2) is 4.79 Å². The minimum Gasteiger partial charge on any atom is -0.462 e. The summed E-state index contributed by atoms with van der Waals surface area (Å²) in [5, 5.41) is 10.8. The highest BCUT2D eigenvalue weighted by molar-refractivity contribution is 14.1. The molecule has 20 heavy (non-hydrogen) atoms. The van der Waals surface area contributed by atoms with Crippen LogP contribution in [0.2, 0.25) is 0 Å². The Morgan fingerprint density at radius 1 is 1.55 bits per heavy atom. The number of nitro groups is 1. The lowest BCUT2D eigenvalue weighted by Gasteiger charge is -2.13. The van der Waals surface area contributed by atoms with Crippen LogP contribution in [0, 0.1) is 13.7 Å². The van der Waals surface area contributed by atoms with E-state index in [0.717, 1.165) is 6.20 Å². The van der Waals surface area contributed by atoms with Crippen molar-refractivity contribution in [2.45, 2.75) is 13.3 Å². The number of halogens is 4. The van der Waals surface area contributed by atoms with Gasteiger partial charge in [0.05, 0.1) is 6.61 Å². The van der Waals surface area contributed by atoms with Gasteiger partial charge in [-0.15, -0.1) is 13.2 Å². The molecule has 0 aromatic carbocycles. The van der Waals surface area contributed by atoms with E-state index in [-0.39, 0.29) is 10.2 Å². The van der Waals surface area contributed by atoms with Gasteiger partial charge in [-0.05, 0) is 39.4 Å². The number of hydrogen-bond donors (Lipinski definition) is 0. The molecule has 0 unspecified atom stereocenters. The molecule has 0 bridgehead atoms. The van der Waals surface area contributed by atoms with Crippen LogP contribution in [0.25, 0.3) is 0 Å². The third kappa shape index (κ3) is 3.91. The van der Waals surface area contributed by atoms with Gasteiger partial charge in [0, 0.05) is 0 Å². The summed E-state index contributed by atoms with van der Waals surface area (Å²) in [4.78, 5) is 24.6. The lowest BCUT2D eigenvalue weighted by Crippen LogP contribution is -2.21. The number of alkyl halides is 3. The van der Waals surface area contributed by atoms with Crippen LogP contribution in [-0.2, 0) is 4.74 Å². The summed E-state index contributed by atoms with van der Waals surface area (Å²) in [6, 6.07) is 0. The van der Waals surface area contributed by atoms with Crippen LogP contribution < -0.4 is 4.74 Å². The van der Waals surface area contributed by atoms with Crippen LogP contribution in [-0.4, -0.2) is 28.8 Å². The van der Waals surface area contributed by atoms with Crippen molar-refractivity contribution in [1.82, 2.24) is 4.98 Å². The summed E-state index contributed by atoms with van der Waals surface area (Å²) in [6.45, 7) is 1.22. The van der Waals surface area contributed by atoms with Crippen molar-refractivity contribution in [3.8, 4) is 5.75 Å². The van der Waals surface area contributed by atoms with Crippen LogP contribution in [0.5, 0.6) is 5.75 Å². The minimum atomic E-state index is -5.11. The summed E-state index contributed by atoms with van der Waals surface area (Å²) in [5.74, 6) is -3.38. The fraction of sp³-hybridized carbons (Fsp3) is 0.333. The molecule has 0 amide bonds. The highest BCUT2D eigenvalue weighted by Gasteiger charge is 2.38. The first kappa shape index (κ1) is 16.4. The molecule has 0 fully saturated rings. The predicted molar refractivity (Wildman–Crippen MR) is 66.2 cm³/mol. The fourth-order valence-electron chi connectivity index (χ4n) is 1.20. The van der Waals surface area contributed by atoms with E-state index in [4.69, 9.17) is 0 Å². The van der Waals surface area contributed by atoms with E-state index in [1.165, 1.54) is 29.5 Å². The summed E-state index contributed by atoms with van der Waals surface area (Å²) in [5.41, 5.74) is -0.971. The SMILES string of the molecule is CCOC(=O)c1c([N+](=O)[O-])ncc(I)c1OC(F)(F)F. The zero-order chi connectivity index (χ0) is 15.5. The van der Waals surface area contributed by atoms with E-state index < -0.39 is 34.4 Å². The molecule has 7 nitrogen and oxygen atoms in total. The van der Waals surface area contributed by atoms with Crippen molar-refractivity contribution >= 4 is 34.4 Å². The molecule has 0 aliphatic heterocycles. The normalized spacial score (nSPS) is 11.1. The van der Waals surface area contributed by atoms with Crippen LogP contribution >= 0.6 is 22.6 Å². The average Bonchev–Trinajstić information content (AvgIpc) is 2.29. The smallest absolute Gasteiger partial charge is 0.462 e. The predicted octanol–water partition coefficient (Wildman–Crippen LogP) is 2.67. The maximum atomic E-state index is 12.3. The van der Waals surface area contributed by atoms with Gasteiger partial charge >= 0.3 is 18.1 Å². The monoisotopic (exact) mass is 406 g/mol. The molecule has 0 aliphatic rings. The number of aromatic nitrogens is 1. The molecule has 0 N–H and O–H groups in total. The molecule has 1 aromatic heterocycles. The van der Waals surface area contributed by atoms with Crippen molar-refractivity contribution in [1.29, 1.82) is 0 Å². The summed E-state index contributed by atoms with van der Waals surface area (Å²) < 4.78 is 44.9. The van der Waals surface area contributed by atoms with Gasteiger partial charge in [0.15, 0.2) is 11.9 Å². The first-order valence-electron chi connectivity index (χ1n) is 4.93. The highest BCUT2D eigenvalue weighted by atomic mass is 127. The zero-order valence-corrected chi connectivity index (χ0v) is 11.9. The Labute approximate surface area is 123 Å². The second-order valence-electron chi connectivity index (χ2n) is 3.16. The Hall–Kier alpha value is -1.66. The standard InChI is InChI=1S/C9H6F3IN2O5/c1-2-19-8(16)5-6(20-9(10,11)12)4(13)3-14-7(5)15(17)18/h3H,2H2,1H3. The number of rotatable bonds is 4. The maximum Gasteiger partial charge on any atom is 0.573 e. The molecule has 0 aliphatic carbocycles. The Morgan fingerprint density at radius 2 is 2.15 bits per heavy atom.